The molecule has 0 aliphatic heterocycles. The van der Waals surface area contributed by atoms with Gasteiger partial charge < -0.3 is 10.6 Å². The lowest BCUT2D eigenvalue weighted by Gasteiger charge is -2.15. The number of anilines is 4. The maximum Gasteiger partial charge on any atom is 0.0730 e. The highest BCUT2D eigenvalue weighted by Gasteiger charge is 2.11. The number of para-hydroxylation sites is 4. The Kier molecular flexibility index (Phi) is 6.16. The van der Waals surface area contributed by atoms with Gasteiger partial charge in [0.25, 0.3) is 0 Å². The molecule has 4 nitrogen and oxygen atoms in total. The highest BCUT2D eigenvalue weighted by Crippen LogP contribution is 2.35. The van der Waals surface area contributed by atoms with E-state index in [1.165, 1.54) is 11.1 Å². The summed E-state index contributed by atoms with van der Waals surface area (Å²) in [6.07, 6.45) is 0.820. The van der Waals surface area contributed by atoms with Crippen LogP contribution in [0, 0.1) is 0 Å². The number of aromatic nitrogens is 2. The zero-order valence-electron chi connectivity index (χ0n) is 23.5. The van der Waals surface area contributed by atoms with E-state index in [4.69, 9.17) is 9.97 Å². The van der Waals surface area contributed by atoms with Crippen molar-refractivity contribution in [2.45, 2.75) is 6.42 Å². The highest BCUT2D eigenvalue weighted by atomic mass is 14.9. The Morgan fingerprint density at radius 1 is 0.372 bits per heavy atom. The van der Waals surface area contributed by atoms with Crippen LogP contribution in [0.2, 0.25) is 0 Å². The summed E-state index contributed by atoms with van der Waals surface area (Å²) in [6, 6.07) is 50.6. The van der Waals surface area contributed by atoms with Crippen LogP contribution in [-0.4, -0.2) is 9.97 Å². The van der Waals surface area contributed by atoms with Gasteiger partial charge in [0.15, 0.2) is 0 Å². The summed E-state index contributed by atoms with van der Waals surface area (Å²) in [5.74, 6) is 0. The Morgan fingerprint density at radius 3 is 1.09 bits per heavy atom. The molecule has 4 heteroatoms. The third-order valence-electron chi connectivity index (χ3n) is 7.98. The largest absolute Gasteiger partial charge is 0.354 e. The maximum absolute atomic E-state index is 4.88. The molecule has 8 aromatic rings. The Hall–Kier alpha value is -5.74. The van der Waals surface area contributed by atoms with Gasteiger partial charge in [0.05, 0.1) is 33.4 Å². The Bertz CT molecular complexity index is 2020. The molecule has 0 aliphatic rings. The van der Waals surface area contributed by atoms with Crippen LogP contribution in [-0.2, 0) is 6.42 Å². The predicted octanol–water partition coefficient (Wildman–Crippen LogP) is 10.2. The molecular formula is C39H28N4. The monoisotopic (exact) mass is 552 g/mol. The Balaban J connectivity index is 1.11. The number of nitrogens with one attached hydrogen (secondary N) is 2. The summed E-state index contributed by atoms with van der Waals surface area (Å²) in [4.78, 5) is 9.75. The van der Waals surface area contributed by atoms with E-state index < -0.39 is 0 Å². The molecular weight excluding hydrogens is 524 g/mol. The van der Waals surface area contributed by atoms with Gasteiger partial charge in [-0.05, 0) is 66.1 Å². The molecule has 6 aromatic carbocycles. The smallest absolute Gasteiger partial charge is 0.0730 e. The number of fused-ring (bicyclic) bond motifs is 4. The number of hydrogen-bond acceptors (Lipinski definition) is 4. The van der Waals surface area contributed by atoms with E-state index in [0.717, 1.165) is 72.8 Å². The third kappa shape index (κ3) is 4.79. The number of nitrogens with zero attached hydrogens (tertiary/aromatic N) is 2. The molecule has 0 amide bonds. The summed E-state index contributed by atoms with van der Waals surface area (Å²) >= 11 is 0. The van der Waals surface area contributed by atoms with E-state index >= 15 is 0 Å². The van der Waals surface area contributed by atoms with E-state index in [9.17, 15) is 0 Å². The molecule has 0 bridgehead atoms. The standard InChI is InChI=1S/C39H28N4/c1-5-19-34-30(15-1)38(31-16-2-6-20-35(31)42-34)40-28-13-9-11-26(24-28)23-27-12-10-14-29(25-27)41-39-32-17-3-7-21-36(32)43-37-22-8-4-18-33(37)39/h1-22,24-25H,23H2,(H,40,42)(H,41,43). The lowest BCUT2D eigenvalue weighted by Crippen LogP contribution is -1.98. The molecule has 2 heterocycles. The van der Waals surface area contributed by atoms with E-state index in [0.29, 0.717) is 0 Å². The fourth-order valence-corrected chi connectivity index (χ4v) is 5.99. The molecule has 43 heavy (non-hydrogen) atoms. The fraction of sp³-hybridized carbons (Fsp3) is 0.0256. The molecule has 2 aromatic heterocycles. The van der Waals surface area contributed by atoms with Crippen molar-refractivity contribution in [3.63, 3.8) is 0 Å². The Morgan fingerprint density at radius 2 is 0.721 bits per heavy atom. The van der Waals surface area contributed by atoms with Crippen molar-refractivity contribution in [3.05, 3.63) is 157 Å². The van der Waals surface area contributed by atoms with Gasteiger partial charge in [0.1, 0.15) is 0 Å². The number of rotatable bonds is 6. The van der Waals surface area contributed by atoms with Gasteiger partial charge in [-0.3, -0.25) is 0 Å². The summed E-state index contributed by atoms with van der Waals surface area (Å²) in [7, 11) is 0. The van der Waals surface area contributed by atoms with E-state index in [1.54, 1.807) is 0 Å². The predicted molar refractivity (Wildman–Crippen MR) is 181 cm³/mol. The van der Waals surface area contributed by atoms with Crippen LogP contribution >= 0.6 is 0 Å². The van der Waals surface area contributed by atoms with Gasteiger partial charge in [-0.2, -0.15) is 0 Å². The van der Waals surface area contributed by atoms with Gasteiger partial charge in [0.2, 0.25) is 0 Å². The van der Waals surface area contributed by atoms with Crippen molar-refractivity contribution in [2.24, 2.45) is 0 Å². The van der Waals surface area contributed by atoms with Crippen molar-refractivity contribution < 1.29 is 0 Å². The van der Waals surface area contributed by atoms with Crippen LogP contribution in [0.25, 0.3) is 43.6 Å². The Labute approximate surface area is 249 Å². The zero-order chi connectivity index (χ0) is 28.6. The van der Waals surface area contributed by atoms with E-state index in [2.05, 4.69) is 132 Å². The van der Waals surface area contributed by atoms with Crippen LogP contribution in [0.5, 0.6) is 0 Å². The second kappa shape index (κ2) is 10.6. The molecule has 0 unspecified atom stereocenters. The minimum atomic E-state index is 0.820. The topological polar surface area (TPSA) is 49.8 Å². The first kappa shape index (κ1) is 25.0. The van der Waals surface area contributed by atoms with Crippen LogP contribution in [0.4, 0.5) is 22.7 Å². The van der Waals surface area contributed by atoms with E-state index in [-0.39, 0.29) is 0 Å². The van der Waals surface area contributed by atoms with Gasteiger partial charge in [-0.1, -0.05) is 97.1 Å². The van der Waals surface area contributed by atoms with Crippen LogP contribution < -0.4 is 10.6 Å². The minimum absolute atomic E-state index is 0.820. The zero-order valence-corrected chi connectivity index (χ0v) is 23.5. The van der Waals surface area contributed by atoms with Crippen LogP contribution in [0.1, 0.15) is 11.1 Å². The second-order valence-electron chi connectivity index (χ2n) is 10.9. The number of pyridine rings is 2. The molecule has 8 rings (SSSR count). The first-order valence-electron chi connectivity index (χ1n) is 14.6. The van der Waals surface area contributed by atoms with Gasteiger partial charge in [-0.25, -0.2) is 9.97 Å². The molecule has 0 fully saturated rings. The fourth-order valence-electron chi connectivity index (χ4n) is 5.99. The SMILES string of the molecule is c1cc(Cc2cccc(Nc3c4ccccc4nc4ccccc34)c2)cc(Nc2c3ccccc3nc3ccccc23)c1. The van der Waals surface area contributed by atoms with Gasteiger partial charge in [0, 0.05) is 32.9 Å². The van der Waals surface area contributed by atoms with Crippen molar-refractivity contribution >= 4 is 66.4 Å². The second-order valence-corrected chi connectivity index (χ2v) is 10.9. The summed E-state index contributed by atoms with van der Waals surface area (Å²) in [5.41, 5.74) is 10.7. The third-order valence-corrected chi connectivity index (χ3v) is 7.98. The van der Waals surface area contributed by atoms with E-state index in [1.807, 2.05) is 24.3 Å². The van der Waals surface area contributed by atoms with Crippen molar-refractivity contribution in [1.29, 1.82) is 0 Å². The lowest BCUT2D eigenvalue weighted by molar-refractivity contribution is 1.19. The minimum Gasteiger partial charge on any atom is -0.354 e. The molecule has 0 saturated heterocycles. The maximum atomic E-state index is 4.88. The lowest BCUT2D eigenvalue weighted by atomic mass is 10.0. The molecule has 0 radical (unpaired) electrons. The molecule has 0 atom stereocenters. The number of hydrogen-bond donors (Lipinski definition) is 2. The van der Waals surface area contributed by atoms with Crippen molar-refractivity contribution in [2.75, 3.05) is 10.6 Å². The molecule has 0 spiro atoms. The first-order chi connectivity index (χ1) is 21.3. The van der Waals surface area contributed by atoms with Crippen molar-refractivity contribution in [3.8, 4) is 0 Å². The average molecular weight is 553 g/mol. The normalized spacial score (nSPS) is 11.3. The molecule has 0 saturated carbocycles. The van der Waals surface area contributed by atoms with Gasteiger partial charge >= 0.3 is 0 Å². The summed E-state index contributed by atoms with van der Waals surface area (Å²) in [5, 5.41) is 11.9. The highest BCUT2D eigenvalue weighted by molar-refractivity contribution is 6.09. The average Bonchev–Trinajstić information content (AvgIpc) is 3.05. The van der Waals surface area contributed by atoms with Crippen LogP contribution in [0.3, 0.4) is 0 Å². The number of benzene rings is 6. The van der Waals surface area contributed by atoms with Gasteiger partial charge in [-0.15, -0.1) is 0 Å². The molecule has 2 N–H and O–H groups in total. The quantitative estimate of drug-likeness (QED) is 0.202. The summed E-state index contributed by atoms with van der Waals surface area (Å²) in [6.45, 7) is 0. The van der Waals surface area contributed by atoms with Crippen molar-refractivity contribution in [1.82, 2.24) is 9.97 Å². The molecule has 204 valence electrons. The first-order valence-corrected chi connectivity index (χ1v) is 14.6. The molecule has 0 aliphatic carbocycles. The van der Waals surface area contributed by atoms with Crippen LogP contribution in [0.15, 0.2) is 146 Å². The summed E-state index contributed by atoms with van der Waals surface area (Å²) < 4.78 is 0.